The number of carbonyl (C=O) groups is 6. The molecule has 3 saturated heterocycles. The molecule has 14 nitrogen and oxygen atoms in total. The van der Waals surface area contributed by atoms with Crippen molar-refractivity contribution in [3.63, 3.8) is 0 Å². The van der Waals surface area contributed by atoms with Crippen LogP contribution in [0.15, 0.2) is 35.9 Å². The third-order valence-corrected chi connectivity index (χ3v) is 16.9. The Labute approximate surface area is 406 Å². The number of epoxide rings is 1. The average Bonchev–Trinajstić information content (AvgIpc) is 3.93. The topological polar surface area (TPSA) is 184 Å². The lowest BCUT2D eigenvalue weighted by molar-refractivity contribution is -0.160. The molecule has 1 aromatic rings. The number of carbonyl (C=O) groups excluding carboxylic acids is 6. The number of hydrogen-bond acceptors (Lipinski definition) is 11. The van der Waals surface area contributed by atoms with Gasteiger partial charge in [0.25, 0.3) is 0 Å². The predicted molar refractivity (Wildman–Crippen MR) is 259 cm³/mol. The number of esters is 1. The number of alkyl carbamates (subject to hydrolysis) is 1. The van der Waals surface area contributed by atoms with Crippen LogP contribution in [-0.2, 0) is 44.6 Å². The number of fused-ring (bicyclic) bond motifs is 5. The van der Waals surface area contributed by atoms with E-state index >= 15 is 0 Å². The van der Waals surface area contributed by atoms with Gasteiger partial charge in [-0.1, -0.05) is 68.7 Å². The molecule has 3 N–H and O–H groups in total. The van der Waals surface area contributed by atoms with Crippen molar-refractivity contribution in [1.82, 2.24) is 15.5 Å². The number of thioether (sulfide) groups is 1. The van der Waals surface area contributed by atoms with Gasteiger partial charge in [-0.3, -0.25) is 34.2 Å². The molecule has 6 aliphatic rings. The first-order chi connectivity index (χ1) is 31.7. The van der Waals surface area contributed by atoms with Crippen LogP contribution in [0.1, 0.15) is 123 Å². The number of benzene rings is 1. The maximum Gasteiger partial charge on any atom is 0.409 e. The molecule has 4 aliphatic heterocycles. The first kappa shape index (κ1) is 52.5. The van der Waals surface area contributed by atoms with E-state index in [0.717, 1.165) is 74.5 Å². The number of hydrogen-bond donors (Lipinski definition) is 3. The van der Waals surface area contributed by atoms with Gasteiger partial charge >= 0.3 is 12.1 Å². The number of aryl methyl sites for hydroxylation is 1. The van der Waals surface area contributed by atoms with Crippen LogP contribution in [0.4, 0.5) is 10.5 Å². The van der Waals surface area contributed by atoms with E-state index in [1.807, 2.05) is 71.2 Å². The second-order valence-corrected chi connectivity index (χ2v) is 21.6. The normalized spacial score (nSPS) is 36.0. The minimum atomic E-state index is -1.54. The molecular formula is C51H73ClN4O10S. The number of amides is 5. The van der Waals surface area contributed by atoms with Crippen molar-refractivity contribution in [3.8, 4) is 0 Å². The van der Waals surface area contributed by atoms with E-state index < -0.39 is 41.6 Å². The number of rotatable bonds is 7. The van der Waals surface area contributed by atoms with Crippen LogP contribution in [0, 0.1) is 42.4 Å². The summed E-state index contributed by atoms with van der Waals surface area (Å²) < 4.78 is 18.2. The highest BCUT2D eigenvalue weighted by molar-refractivity contribution is 8.00. The van der Waals surface area contributed by atoms with Crippen LogP contribution < -0.4 is 15.5 Å². The van der Waals surface area contributed by atoms with Gasteiger partial charge in [0.05, 0.1) is 34.4 Å². The number of halogens is 1. The number of imide groups is 1. The minimum Gasteiger partial charge on any atom is -0.458 e. The van der Waals surface area contributed by atoms with Gasteiger partial charge in [0.2, 0.25) is 23.6 Å². The second-order valence-electron chi connectivity index (χ2n) is 20.2. The number of likely N-dealkylation sites (tertiary alicyclic amines) is 1. The molecule has 1 unspecified atom stereocenters. The van der Waals surface area contributed by atoms with Gasteiger partial charge in [-0.05, 0) is 114 Å². The Balaban J connectivity index is 0.000000308. The quantitative estimate of drug-likeness (QED) is 0.138. The molecule has 5 amide bonds. The first-order valence-corrected chi connectivity index (χ1v) is 26.0. The van der Waals surface area contributed by atoms with Crippen LogP contribution in [-0.4, -0.2) is 107 Å². The van der Waals surface area contributed by atoms with Gasteiger partial charge in [-0.15, -0.1) is 0 Å². The highest BCUT2D eigenvalue weighted by atomic mass is 35.5. The zero-order valence-electron chi connectivity index (χ0n) is 40.9. The van der Waals surface area contributed by atoms with Crippen LogP contribution in [0.2, 0.25) is 5.02 Å². The molecule has 4 heterocycles. The Hall–Kier alpha value is -3.92. The number of ether oxygens (including phenoxy) is 3. The van der Waals surface area contributed by atoms with E-state index in [0.29, 0.717) is 41.9 Å². The number of nitrogens with one attached hydrogen (secondary N) is 2. The molecule has 16 heteroatoms. The molecular weight excluding hydrogens is 896 g/mol. The molecule has 1 aromatic carbocycles. The van der Waals surface area contributed by atoms with E-state index in [1.54, 1.807) is 19.0 Å². The molecule has 4 bridgehead atoms. The van der Waals surface area contributed by atoms with Gasteiger partial charge in [-0.25, -0.2) is 4.79 Å². The molecule has 67 heavy (non-hydrogen) atoms. The highest BCUT2D eigenvalue weighted by Gasteiger charge is 2.64. The highest BCUT2D eigenvalue weighted by Crippen LogP contribution is 2.49. The molecule has 2 aliphatic carbocycles. The zero-order chi connectivity index (χ0) is 49.0. The van der Waals surface area contributed by atoms with Crippen molar-refractivity contribution < 1.29 is 48.1 Å². The summed E-state index contributed by atoms with van der Waals surface area (Å²) in [7, 11) is 3.36. The minimum absolute atomic E-state index is 0.0316. The van der Waals surface area contributed by atoms with Crippen molar-refractivity contribution in [2.45, 2.75) is 160 Å². The van der Waals surface area contributed by atoms with E-state index in [-0.39, 0.29) is 65.4 Å². The van der Waals surface area contributed by atoms with Crippen molar-refractivity contribution in [2.75, 3.05) is 31.8 Å². The lowest BCUT2D eigenvalue weighted by Crippen LogP contribution is -2.60. The number of allylic oxidation sites excluding steroid dienone is 3. The predicted octanol–water partition coefficient (Wildman–Crippen LogP) is 7.83. The van der Waals surface area contributed by atoms with Gasteiger partial charge in [-0.2, -0.15) is 11.8 Å². The van der Waals surface area contributed by atoms with E-state index in [1.165, 1.54) is 16.7 Å². The second kappa shape index (κ2) is 22.2. The molecule has 7 rings (SSSR count). The smallest absolute Gasteiger partial charge is 0.409 e. The van der Waals surface area contributed by atoms with Crippen LogP contribution >= 0.6 is 23.4 Å². The molecule has 8 atom stereocenters. The summed E-state index contributed by atoms with van der Waals surface area (Å²) in [6.45, 7) is 12.3. The summed E-state index contributed by atoms with van der Waals surface area (Å²) in [5.41, 5.74) is 0.954. The Bertz CT molecular complexity index is 2080. The van der Waals surface area contributed by atoms with Gasteiger partial charge in [0.1, 0.15) is 23.5 Å². The lowest BCUT2D eigenvalue weighted by atomic mass is 9.80. The molecule has 5 fully saturated rings. The summed E-state index contributed by atoms with van der Waals surface area (Å²) in [5, 5.41) is 17.2. The SMILES string of the molecule is CCC1CCC(C(=O)O[C@H]2CC(=O)N(C)c3cc(cc(C)c3Cl)C/C(C)=C/C=C/[C@@H](C)[C@@]3(O)C[C@H](OC(=O)N3)[C@@H](C)[C@@H]3O[C@@]23C)CC1.CNC(=O)C1CCC(CN2C(=O)CC(SC)C2=O)CC1. The van der Waals surface area contributed by atoms with E-state index in [4.69, 9.17) is 25.8 Å². The summed E-state index contributed by atoms with van der Waals surface area (Å²) >= 11 is 8.23. The fraction of sp³-hybridized carbons (Fsp3) is 0.686. The van der Waals surface area contributed by atoms with Gasteiger partial charge in [0, 0.05) is 51.2 Å². The standard InChI is InChI=1S/C37H51ClN2O7.C14H22N2O3S/c1-8-25-12-14-27(15-13-25)34(42)46-30-19-31(41)40(7)28-18-26(17-22(3)32(28)38)16-21(2)10-9-11-23(4)37(44)20-29(45-35(43)39-37)24(5)33-36(30,6)47-33;1-15-13(18)10-5-3-9(4-6-10)8-16-12(17)7-11(20-2)14(16)19/h9-11,17-18,23-25,27,29-30,33,44H,8,12-16,19-20H2,1-7H3,(H,39,43);9-11H,3-8H2,1-2H3,(H,15,18)/b11-9+,21-10+;/t23-,24-,25?,27?,29+,30+,33+,36+,37+;/m1./s1. The summed E-state index contributed by atoms with van der Waals surface area (Å²) in [6, 6.07) is 3.94. The third-order valence-electron chi connectivity index (χ3n) is 15.5. The molecule has 2 saturated carbocycles. The Morgan fingerprint density at radius 3 is 2.27 bits per heavy atom. The van der Waals surface area contributed by atoms with E-state index in [9.17, 15) is 33.9 Å². The van der Waals surface area contributed by atoms with E-state index in [2.05, 4.69) is 17.6 Å². The van der Waals surface area contributed by atoms with Crippen LogP contribution in [0.5, 0.6) is 0 Å². The molecule has 0 radical (unpaired) electrons. The molecule has 370 valence electrons. The van der Waals surface area contributed by atoms with Crippen LogP contribution in [0.25, 0.3) is 0 Å². The Morgan fingerprint density at radius 2 is 1.64 bits per heavy atom. The maximum absolute atomic E-state index is 14.0. The van der Waals surface area contributed by atoms with Crippen LogP contribution in [0.3, 0.4) is 0 Å². The summed E-state index contributed by atoms with van der Waals surface area (Å²) in [4.78, 5) is 78.8. The van der Waals surface area contributed by atoms with Crippen molar-refractivity contribution >= 4 is 64.7 Å². The number of nitrogens with zero attached hydrogens (tertiary/aromatic N) is 2. The molecule has 0 aromatic heterocycles. The fourth-order valence-corrected chi connectivity index (χ4v) is 11.6. The average molecular weight is 970 g/mol. The number of aliphatic hydroxyl groups is 1. The van der Waals surface area contributed by atoms with Crippen molar-refractivity contribution in [1.29, 1.82) is 0 Å². The maximum atomic E-state index is 14.0. The largest absolute Gasteiger partial charge is 0.458 e. The molecule has 0 spiro atoms. The monoisotopic (exact) mass is 968 g/mol. The van der Waals surface area contributed by atoms with Gasteiger partial charge in [0.15, 0.2) is 0 Å². The summed E-state index contributed by atoms with van der Waals surface area (Å²) in [6.07, 6.45) is 14.0. The fourth-order valence-electron chi connectivity index (χ4n) is 10.7. The summed E-state index contributed by atoms with van der Waals surface area (Å²) in [5.74, 6) is -0.456. The Morgan fingerprint density at radius 1 is 0.985 bits per heavy atom. The third kappa shape index (κ3) is 12.3. The lowest BCUT2D eigenvalue weighted by Gasteiger charge is -2.41. The zero-order valence-corrected chi connectivity index (χ0v) is 42.4. The first-order valence-electron chi connectivity index (χ1n) is 24.3. The van der Waals surface area contributed by atoms with Crippen molar-refractivity contribution in [3.05, 3.63) is 52.1 Å². The van der Waals surface area contributed by atoms with Crippen molar-refractivity contribution in [2.24, 2.45) is 35.5 Å². The van der Waals surface area contributed by atoms with Gasteiger partial charge < -0.3 is 29.5 Å². The number of anilines is 1. The Kier molecular flexibility index (Phi) is 17.4.